The van der Waals surface area contributed by atoms with Gasteiger partial charge >= 0.3 is 0 Å². The molecule has 0 radical (unpaired) electrons. The summed E-state index contributed by atoms with van der Waals surface area (Å²) in [6.45, 7) is 0. The quantitative estimate of drug-likeness (QED) is 0.448. The predicted molar refractivity (Wildman–Crippen MR) is 74.9 cm³/mol. The van der Waals surface area contributed by atoms with Gasteiger partial charge in [0.1, 0.15) is 5.82 Å². The van der Waals surface area contributed by atoms with E-state index in [1.807, 2.05) is 0 Å². The normalized spacial score (nSPS) is 10.5. The first-order valence-electron chi connectivity index (χ1n) is 5.80. The minimum absolute atomic E-state index is 0.0155. The summed E-state index contributed by atoms with van der Waals surface area (Å²) in [6.07, 6.45) is 0. The van der Waals surface area contributed by atoms with Gasteiger partial charge in [-0.15, -0.1) is 0 Å². The molecule has 0 spiro atoms. The van der Waals surface area contributed by atoms with Crippen LogP contribution in [0.15, 0.2) is 28.2 Å². The van der Waals surface area contributed by atoms with E-state index in [0.29, 0.717) is 6.07 Å². The summed E-state index contributed by atoms with van der Waals surface area (Å²) >= 11 is 0.840. The highest BCUT2D eigenvalue weighted by atomic mass is 32.2. The van der Waals surface area contributed by atoms with E-state index in [9.17, 15) is 22.8 Å². The fourth-order valence-electron chi connectivity index (χ4n) is 1.46. The molecule has 0 atom stereocenters. The Bertz CT molecular complexity index is 781. The molecule has 116 valence electrons. The number of amides is 1. The number of nitrogens with two attached hydrogens (primary N) is 1. The third-order valence-corrected chi connectivity index (χ3v) is 3.26. The van der Waals surface area contributed by atoms with Crippen LogP contribution in [0.1, 0.15) is 0 Å². The number of thioether (sulfide) groups is 1. The number of H-pyrrole nitrogens is 1. The van der Waals surface area contributed by atoms with Crippen LogP contribution in [0.5, 0.6) is 0 Å². The van der Waals surface area contributed by atoms with Crippen LogP contribution >= 0.6 is 11.8 Å². The number of nitrogens with zero attached hydrogens (tertiary/aromatic N) is 1. The fourth-order valence-corrected chi connectivity index (χ4v) is 2.15. The molecule has 0 aliphatic heterocycles. The molecule has 22 heavy (non-hydrogen) atoms. The number of hydrogen-bond donors (Lipinski definition) is 3. The smallest absolute Gasteiger partial charge is 0.253 e. The molecule has 6 nitrogen and oxygen atoms in total. The van der Waals surface area contributed by atoms with Crippen molar-refractivity contribution in [1.82, 2.24) is 9.97 Å². The number of aromatic nitrogens is 2. The van der Waals surface area contributed by atoms with Crippen LogP contribution in [-0.4, -0.2) is 21.6 Å². The number of carbonyl (C=O) groups is 1. The van der Waals surface area contributed by atoms with Crippen molar-refractivity contribution in [3.63, 3.8) is 0 Å². The van der Waals surface area contributed by atoms with Gasteiger partial charge < -0.3 is 16.0 Å². The molecule has 1 heterocycles. The number of hydrogen-bond acceptors (Lipinski definition) is 5. The Morgan fingerprint density at radius 3 is 2.73 bits per heavy atom. The Kier molecular flexibility index (Phi) is 4.71. The van der Waals surface area contributed by atoms with Crippen LogP contribution < -0.4 is 16.6 Å². The number of benzene rings is 1. The lowest BCUT2D eigenvalue weighted by atomic mass is 10.3. The summed E-state index contributed by atoms with van der Waals surface area (Å²) in [6, 6.07) is 2.66. The van der Waals surface area contributed by atoms with Crippen LogP contribution in [0.2, 0.25) is 0 Å². The van der Waals surface area contributed by atoms with Gasteiger partial charge in [-0.2, -0.15) is 0 Å². The lowest BCUT2D eigenvalue weighted by Gasteiger charge is -2.07. The Morgan fingerprint density at radius 2 is 2.05 bits per heavy atom. The Hall–Kier alpha value is -2.49. The molecule has 0 bridgehead atoms. The molecule has 1 aromatic heterocycles. The van der Waals surface area contributed by atoms with Gasteiger partial charge in [-0.3, -0.25) is 9.59 Å². The number of carbonyl (C=O) groups excluding carboxylic acids is 1. The fraction of sp³-hybridized carbons (Fsp3) is 0.0833. The van der Waals surface area contributed by atoms with Crippen molar-refractivity contribution in [2.45, 2.75) is 5.16 Å². The van der Waals surface area contributed by atoms with Crippen molar-refractivity contribution >= 4 is 29.2 Å². The molecule has 4 N–H and O–H groups in total. The standard InChI is InChI=1S/C12H9F3N4O2S/c13-5-1-2-6(11(15)10(5)14)17-9(21)4-22-12-18-7(16)3-8(20)19-12/h1-3H,4H2,(H,17,21)(H3,16,18,19,20). The van der Waals surface area contributed by atoms with E-state index in [2.05, 4.69) is 15.3 Å². The maximum absolute atomic E-state index is 13.4. The summed E-state index contributed by atoms with van der Waals surface area (Å²) in [5.41, 5.74) is 4.40. The average molecular weight is 330 g/mol. The molecule has 0 unspecified atom stereocenters. The molecule has 2 aromatic rings. The molecule has 0 saturated heterocycles. The second-order valence-electron chi connectivity index (χ2n) is 4.04. The van der Waals surface area contributed by atoms with Crippen LogP contribution in [-0.2, 0) is 4.79 Å². The number of nitrogen functional groups attached to an aromatic ring is 1. The minimum atomic E-state index is -1.67. The van der Waals surface area contributed by atoms with Gasteiger partial charge in [0.25, 0.3) is 5.56 Å². The zero-order chi connectivity index (χ0) is 16.3. The van der Waals surface area contributed by atoms with Crippen molar-refractivity contribution < 1.29 is 18.0 Å². The van der Waals surface area contributed by atoms with Gasteiger partial charge in [-0.25, -0.2) is 18.2 Å². The topological polar surface area (TPSA) is 101 Å². The highest BCUT2D eigenvalue weighted by molar-refractivity contribution is 7.99. The second kappa shape index (κ2) is 6.52. The van der Waals surface area contributed by atoms with E-state index in [1.165, 1.54) is 0 Å². The van der Waals surface area contributed by atoms with Crippen LogP contribution in [0, 0.1) is 17.5 Å². The summed E-state index contributed by atoms with van der Waals surface area (Å²) in [4.78, 5) is 28.9. The van der Waals surface area contributed by atoms with Crippen molar-refractivity contribution in [2.24, 2.45) is 0 Å². The predicted octanol–water partition coefficient (Wildman–Crippen LogP) is 1.50. The monoisotopic (exact) mass is 330 g/mol. The van der Waals surface area contributed by atoms with Gasteiger partial charge in [0.2, 0.25) is 5.91 Å². The SMILES string of the molecule is Nc1cc(=O)[nH]c(SCC(=O)Nc2ccc(F)c(F)c2F)n1. The first kappa shape index (κ1) is 15.9. The molecule has 0 aliphatic rings. The third-order valence-electron chi connectivity index (χ3n) is 2.39. The second-order valence-corrected chi connectivity index (χ2v) is 5.00. The summed E-state index contributed by atoms with van der Waals surface area (Å²) in [5, 5.41) is 2.19. The molecule has 0 aliphatic carbocycles. The number of aromatic amines is 1. The lowest BCUT2D eigenvalue weighted by Crippen LogP contribution is -2.17. The Labute approximate surface area is 125 Å². The van der Waals surface area contributed by atoms with Crippen LogP contribution in [0.4, 0.5) is 24.7 Å². The molecule has 0 saturated carbocycles. The highest BCUT2D eigenvalue weighted by Gasteiger charge is 2.15. The first-order chi connectivity index (χ1) is 10.4. The van der Waals surface area contributed by atoms with E-state index in [1.54, 1.807) is 0 Å². The van der Waals surface area contributed by atoms with Crippen LogP contribution in [0.25, 0.3) is 0 Å². The van der Waals surface area contributed by atoms with Gasteiger partial charge in [-0.05, 0) is 12.1 Å². The number of nitrogens with one attached hydrogen (secondary N) is 2. The summed E-state index contributed by atoms with van der Waals surface area (Å²) in [5.74, 6) is -5.48. The average Bonchev–Trinajstić information content (AvgIpc) is 2.45. The molecular formula is C12H9F3N4O2S. The molecule has 2 rings (SSSR count). The maximum atomic E-state index is 13.4. The summed E-state index contributed by atoms with van der Waals surface area (Å²) in [7, 11) is 0. The van der Waals surface area contributed by atoms with E-state index < -0.39 is 34.6 Å². The number of rotatable bonds is 4. The van der Waals surface area contributed by atoms with E-state index >= 15 is 0 Å². The van der Waals surface area contributed by atoms with Gasteiger partial charge in [0.15, 0.2) is 22.6 Å². The molecular weight excluding hydrogens is 321 g/mol. The van der Waals surface area contributed by atoms with Crippen molar-refractivity contribution in [3.8, 4) is 0 Å². The zero-order valence-electron chi connectivity index (χ0n) is 10.8. The minimum Gasteiger partial charge on any atom is -0.383 e. The van der Waals surface area contributed by atoms with Crippen molar-refractivity contribution in [1.29, 1.82) is 0 Å². The van der Waals surface area contributed by atoms with Gasteiger partial charge in [0, 0.05) is 6.07 Å². The summed E-state index contributed by atoms with van der Waals surface area (Å²) < 4.78 is 39.1. The number of anilines is 2. The molecule has 1 aromatic carbocycles. The van der Waals surface area contributed by atoms with E-state index in [4.69, 9.17) is 5.73 Å². The third kappa shape index (κ3) is 3.79. The zero-order valence-corrected chi connectivity index (χ0v) is 11.6. The van der Waals surface area contributed by atoms with E-state index in [-0.39, 0.29) is 16.7 Å². The first-order valence-corrected chi connectivity index (χ1v) is 6.78. The molecule has 0 fully saturated rings. The van der Waals surface area contributed by atoms with E-state index in [0.717, 1.165) is 23.9 Å². The molecule has 1 amide bonds. The highest BCUT2D eigenvalue weighted by Crippen LogP contribution is 2.20. The van der Waals surface area contributed by atoms with Crippen molar-refractivity contribution in [3.05, 3.63) is 46.0 Å². The van der Waals surface area contributed by atoms with Gasteiger partial charge in [-0.1, -0.05) is 11.8 Å². The lowest BCUT2D eigenvalue weighted by molar-refractivity contribution is -0.113. The molecule has 10 heteroatoms. The largest absolute Gasteiger partial charge is 0.383 e. The Morgan fingerprint density at radius 1 is 1.32 bits per heavy atom. The van der Waals surface area contributed by atoms with Crippen molar-refractivity contribution in [2.75, 3.05) is 16.8 Å². The van der Waals surface area contributed by atoms with Crippen LogP contribution in [0.3, 0.4) is 0 Å². The Balaban J connectivity index is 2.02. The maximum Gasteiger partial charge on any atom is 0.253 e. The number of halogens is 3. The van der Waals surface area contributed by atoms with Gasteiger partial charge in [0.05, 0.1) is 11.4 Å².